The molecule has 0 saturated carbocycles. The number of amides is 1. The second-order valence-corrected chi connectivity index (χ2v) is 5.45. The standard InChI is InChI=1S/C17H23NO3/c1-13-8-10-18(11-9-13)17(19)7-4-14-12-15(20-2)5-6-16(14)21-3/h4-7,12-13H,8-11H2,1-3H3/b7-4+. The van der Waals surface area contributed by atoms with Gasteiger partial charge in [0.25, 0.3) is 0 Å². The molecule has 1 aromatic carbocycles. The van der Waals surface area contributed by atoms with Gasteiger partial charge in [0.1, 0.15) is 11.5 Å². The molecule has 1 saturated heterocycles. The first kappa shape index (κ1) is 15.4. The van der Waals surface area contributed by atoms with Gasteiger partial charge in [-0.1, -0.05) is 6.92 Å². The van der Waals surface area contributed by atoms with Crippen molar-refractivity contribution in [3.05, 3.63) is 29.8 Å². The first-order valence-corrected chi connectivity index (χ1v) is 7.33. The van der Waals surface area contributed by atoms with Crippen LogP contribution in [0.25, 0.3) is 6.08 Å². The van der Waals surface area contributed by atoms with Crippen LogP contribution in [0.4, 0.5) is 0 Å². The maximum atomic E-state index is 12.2. The molecular weight excluding hydrogens is 266 g/mol. The Labute approximate surface area is 126 Å². The Bertz CT molecular complexity index is 517. The van der Waals surface area contributed by atoms with Gasteiger partial charge in [-0.3, -0.25) is 4.79 Å². The minimum absolute atomic E-state index is 0.0618. The predicted octanol–water partition coefficient (Wildman–Crippen LogP) is 2.98. The molecule has 0 atom stereocenters. The Morgan fingerprint density at radius 2 is 1.95 bits per heavy atom. The number of carbonyl (C=O) groups excluding carboxylic acids is 1. The Morgan fingerprint density at radius 1 is 1.24 bits per heavy atom. The van der Waals surface area contributed by atoms with Crippen LogP contribution in [0.15, 0.2) is 24.3 Å². The van der Waals surface area contributed by atoms with Crippen LogP contribution in [0.2, 0.25) is 0 Å². The Kier molecular flexibility index (Phi) is 5.26. The van der Waals surface area contributed by atoms with Crippen LogP contribution in [-0.4, -0.2) is 38.1 Å². The highest BCUT2D eigenvalue weighted by molar-refractivity contribution is 5.92. The lowest BCUT2D eigenvalue weighted by atomic mass is 9.99. The quantitative estimate of drug-likeness (QED) is 0.800. The van der Waals surface area contributed by atoms with Crippen LogP contribution < -0.4 is 9.47 Å². The van der Waals surface area contributed by atoms with Crippen LogP contribution in [0.3, 0.4) is 0 Å². The third kappa shape index (κ3) is 4.00. The van der Waals surface area contributed by atoms with Crippen molar-refractivity contribution in [1.29, 1.82) is 0 Å². The Hall–Kier alpha value is -1.97. The van der Waals surface area contributed by atoms with E-state index in [4.69, 9.17) is 9.47 Å². The zero-order chi connectivity index (χ0) is 15.2. The SMILES string of the molecule is COc1ccc(OC)c(/C=C/C(=O)N2CCC(C)CC2)c1. The zero-order valence-corrected chi connectivity index (χ0v) is 13.0. The number of hydrogen-bond acceptors (Lipinski definition) is 3. The smallest absolute Gasteiger partial charge is 0.246 e. The summed E-state index contributed by atoms with van der Waals surface area (Å²) in [6.07, 6.45) is 5.58. The number of piperidine rings is 1. The number of hydrogen-bond donors (Lipinski definition) is 0. The largest absolute Gasteiger partial charge is 0.497 e. The third-order valence-corrected chi connectivity index (χ3v) is 3.94. The summed E-state index contributed by atoms with van der Waals surface area (Å²) in [6, 6.07) is 5.54. The highest BCUT2D eigenvalue weighted by Crippen LogP contribution is 2.25. The topological polar surface area (TPSA) is 38.8 Å². The number of carbonyl (C=O) groups is 1. The fourth-order valence-electron chi connectivity index (χ4n) is 2.47. The van der Waals surface area contributed by atoms with Gasteiger partial charge in [-0.15, -0.1) is 0 Å². The van der Waals surface area contributed by atoms with Crippen molar-refractivity contribution >= 4 is 12.0 Å². The van der Waals surface area contributed by atoms with Gasteiger partial charge in [-0.2, -0.15) is 0 Å². The molecule has 1 aromatic rings. The fourth-order valence-corrected chi connectivity index (χ4v) is 2.47. The highest BCUT2D eigenvalue weighted by atomic mass is 16.5. The van der Waals surface area contributed by atoms with E-state index in [2.05, 4.69) is 6.92 Å². The number of likely N-dealkylation sites (tertiary alicyclic amines) is 1. The Morgan fingerprint density at radius 3 is 2.57 bits per heavy atom. The lowest BCUT2D eigenvalue weighted by Gasteiger charge is -2.29. The summed E-state index contributed by atoms with van der Waals surface area (Å²) in [6.45, 7) is 3.93. The van der Waals surface area contributed by atoms with Crippen LogP contribution >= 0.6 is 0 Å². The average Bonchev–Trinajstić information content (AvgIpc) is 2.52. The van der Waals surface area contributed by atoms with Gasteiger partial charge in [0.2, 0.25) is 5.91 Å². The average molecular weight is 289 g/mol. The second kappa shape index (κ2) is 7.16. The fraction of sp³-hybridized carbons (Fsp3) is 0.471. The molecule has 0 unspecified atom stereocenters. The van der Waals surface area contributed by atoms with E-state index in [9.17, 15) is 4.79 Å². The van der Waals surface area contributed by atoms with Gasteiger partial charge in [0.05, 0.1) is 14.2 Å². The number of rotatable bonds is 4. The molecule has 0 spiro atoms. The van der Waals surface area contributed by atoms with E-state index in [1.807, 2.05) is 23.1 Å². The van der Waals surface area contributed by atoms with Crippen LogP contribution in [0, 0.1) is 5.92 Å². The van der Waals surface area contributed by atoms with Gasteiger partial charge in [0.15, 0.2) is 0 Å². The molecule has 0 bridgehead atoms. The van der Waals surface area contributed by atoms with Gasteiger partial charge >= 0.3 is 0 Å². The van der Waals surface area contributed by atoms with E-state index in [1.165, 1.54) is 0 Å². The van der Waals surface area contributed by atoms with Crippen molar-refractivity contribution in [2.75, 3.05) is 27.3 Å². The molecule has 114 valence electrons. The summed E-state index contributed by atoms with van der Waals surface area (Å²) in [7, 11) is 3.24. The first-order valence-electron chi connectivity index (χ1n) is 7.33. The molecule has 4 nitrogen and oxygen atoms in total. The summed E-state index contributed by atoms with van der Waals surface area (Å²) in [5, 5.41) is 0. The monoisotopic (exact) mass is 289 g/mol. The van der Waals surface area contributed by atoms with E-state index in [0.717, 1.165) is 48.9 Å². The van der Waals surface area contributed by atoms with Crippen LogP contribution in [-0.2, 0) is 4.79 Å². The van der Waals surface area contributed by atoms with E-state index in [-0.39, 0.29) is 5.91 Å². The minimum Gasteiger partial charge on any atom is -0.497 e. The van der Waals surface area contributed by atoms with Crippen LogP contribution in [0.5, 0.6) is 11.5 Å². The van der Waals surface area contributed by atoms with Gasteiger partial charge in [-0.25, -0.2) is 0 Å². The number of nitrogens with zero attached hydrogens (tertiary/aromatic N) is 1. The predicted molar refractivity (Wildman–Crippen MR) is 83.6 cm³/mol. The molecule has 1 aliphatic heterocycles. The van der Waals surface area contributed by atoms with Gasteiger partial charge in [-0.05, 0) is 43.0 Å². The lowest BCUT2D eigenvalue weighted by molar-refractivity contribution is -0.127. The normalized spacial score (nSPS) is 16.2. The molecule has 0 radical (unpaired) electrons. The van der Waals surface area contributed by atoms with Gasteiger partial charge < -0.3 is 14.4 Å². The second-order valence-electron chi connectivity index (χ2n) is 5.45. The maximum Gasteiger partial charge on any atom is 0.246 e. The maximum absolute atomic E-state index is 12.2. The van der Waals surface area contributed by atoms with E-state index >= 15 is 0 Å². The molecule has 0 N–H and O–H groups in total. The van der Waals surface area contributed by atoms with Crippen molar-refractivity contribution in [2.24, 2.45) is 5.92 Å². The third-order valence-electron chi connectivity index (χ3n) is 3.94. The molecule has 2 rings (SSSR count). The summed E-state index contributed by atoms with van der Waals surface area (Å²) in [5.74, 6) is 2.25. The number of ether oxygens (including phenoxy) is 2. The van der Waals surface area contributed by atoms with Crippen molar-refractivity contribution in [2.45, 2.75) is 19.8 Å². The summed E-state index contributed by atoms with van der Waals surface area (Å²) >= 11 is 0. The van der Waals surface area contributed by atoms with E-state index in [1.54, 1.807) is 26.4 Å². The highest BCUT2D eigenvalue weighted by Gasteiger charge is 2.18. The van der Waals surface area contributed by atoms with Gasteiger partial charge in [0, 0.05) is 24.7 Å². The van der Waals surface area contributed by atoms with Crippen molar-refractivity contribution in [3.63, 3.8) is 0 Å². The molecule has 0 aliphatic carbocycles. The van der Waals surface area contributed by atoms with E-state index in [0.29, 0.717) is 0 Å². The van der Waals surface area contributed by atoms with Crippen LogP contribution in [0.1, 0.15) is 25.3 Å². The minimum atomic E-state index is 0.0618. The Balaban J connectivity index is 2.07. The molecule has 21 heavy (non-hydrogen) atoms. The number of benzene rings is 1. The molecule has 0 aromatic heterocycles. The summed E-state index contributed by atoms with van der Waals surface area (Å²) in [4.78, 5) is 14.1. The molecular formula is C17H23NO3. The first-order chi connectivity index (χ1) is 10.1. The molecule has 1 heterocycles. The van der Waals surface area contributed by atoms with Crippen molar-refractivity contribution in [3.8, 4) is 11.5 Å². The number of methoxy groups -OCH3 is 2. The summed E-state index contributed by atoms with van der Waals surface area (Å²) in [5.41, 5.74) is 0.843. The molecule has 4 heteroatoms. The molecule has 1 aliphatic rings. The van der Waals surface area contributed by atoms with E-state index < -0.39 is 0 Å². The summed E-state index contributed by atoms with van der Waals surface area (Å²) < 4.78 is 10.5. The lowest BCUT2D eigenvalue weighted by Crippen LogP contribution is -2.36. The molecule has 1 fully saturated rings. The van der Waals surface area contributed by atoms with Crippen molar-refractivity contribution in [1.82, 2.24) is 4.90 Å². The molecule has 1 amide bonds. The van der Waals surface area contributed by atoms with Crippen molar-refractivity contribution < 1.29 is 14.3 Å². The zero-order valence-electron chi connectivity index (χ0n) is 13.0.